The number of hydrogen-bond donors (Lipinski definition) is 1. The Labute approximate surface area is 169 Å². The van der Waals surface area contributed by atoms with Crippen LogP contribution in [0, 0.1) is 0 Å². The van der Waals surface area contributed by atoms with Crippen molar-refractivity contribution in [3.8, 4) is 11.5 Å². The monoisotopic (exact) mass is 412 g/mol. The standard InChI is InChI=1S/C19H28N2O6S/c1-4-21(19(23)27-12-26-18(22)15(20)7-8-28-3)13(2)9-14-5-6-16-17(10-14)25-11-24-16/h5-6,10,13,15H,4,7-9,11-12,20H2,1-3H3. The molecule has 2 N–H and O–H groups in total. The van der Waals surface area contributed by atoms with Crippen molar-refractivity contribution in [2.45, 2.75) is 38.8 Å². The second-order valence-corrected chi connectivity index (χ2v) is 7.39. The van der Waals surface area contributed by atoms with E-state index in [2.05, 4.69) is 0 Å². The van der Waals surface area contributed by atoms with E-state index < -0.39 is 24.9 Å². The number of thioether (sulfide) groups is 1. The second-order valence-electron chi connectivity index (χ2n) is 6.41. The van der Waals surface area contributed by atoms with Crippen molar-refractivity contribution >= 4 is 23.8 Å². The third-order valence-corrected chi connectivity index (χ3v) is 5.04. The third kappa shape index (κ3) is 6.20. The fraction of sp³-hybridized carbons (Fsp3) is 0.579. The Bertz CT molecular complexity index is 672. The highest BCUT2D eigenvalue weighted by Crippen LogP contribution is 2.33. The Hall–Kier alpha value is -2.13. The number of ether oxygens (including phenoxy) is 4. The molecular formula is C19H28N2O6S. The Morgan fingerprint density at radius 2 is 2.04 bits per heavy atom. The van der Waals surface area contributed by atoms with Crippen LogP contribution in [0.25, 0.3) is 0 Å². The van der Waals surface area contributed by atoms with E-state index in [-0.39, 0.29) is 12.8 Å². The predicted molar refractivity (Wildman–Crippen MR) is 107 cm³/mol. The Balaban J connectivity index is 1.80. The molecule has 0 aliphatic carbocycles. The van der Waals surface area contributed by atoms with Crippen molar-refractivity contribution in [1.29, 1.82) is 0 Å². The summed E-state index contributed by atoms with van der Waals surface area (Å²) in [4.78, 5) is 25.7. The van der Waals surface area contributed by atoms with E-state index >= 15 is 0 Å². The molecule has 0 spiro atoms. The van der Waals surface area contributed by atoms with Gasteiger partial charge >= 0.3 is 12.1 Å². The zero-order valence-electron chi connectivity index (χ0n) is 16.5. The van der Waals surface area contributed by atoms with Crippen LogP contribution in [0.2, 0.25) is 0 Å². The first kappa shape index (κ1) is 22.2. The topological polar surface area (TPSA) is 100 Å². The first-order valence-corrected chi connectivity index (χ1v) is 10.6. The van der Waals surface area contributed by atoms with Gasteiger partial charge in [0.25, 0.3) is 0 Å². The van der Waals surface area contributed by atoms with Gasteiger partial charge in [0.2, 0.25) is 13.6 Å². The van der Waals surface area contributed by atoms with Crippen molar-refractivity contribution in [2.24, 2.45) is 5.73 Å². The Kier molecular flexibility index (Phi) is 8.72. The lowest BCUT2D eigenvalue weighted by atomic mass is 10.1. The first-order chi connectivity index (χ1) is 13.5. The number of amides is 1. The van der Waals surface area contributed by atoms with Crippen molar-refractivity contribution in [1.82, 2.24) is 4.90 Å². The van der Waals surface area contributed by atoms with Crippen LogP contribution in [0.4, 0.5) is 4.79 Å². The van der Waals surface area contributed by atoms with Crippen LogP contribution in [0.3, 0.4) is 0 Å². The highest BCUT2D eigenvalue weighted by atomic mass is 32.2. The van der Waals surface area contributed by atoms with Crippen LogP contribution in [0.15, 0.2) is 18.2 Å². The van der Waals surface area contributed by atoms with E-state index in [0.717, 1.165) is 17.1 Å². The van der Waals surface area contributed by atoms with Gasteiger partial charge in [-0.1, -0.05) is 6.07 Å². The molecule has 0 saturated carbocycles. The summed E-state index contributed by atoms with van der Waals surface area (Å²) in [5, 5.41) is 0. The van der Waals surface area contributed by atoms with E-state index in [9.17, 15) is 9.59 Å². The van der Waals surface area contributed by atoms with Crippen molar-refractivity contribution in [3.05, 3.63) is 23.8 Å². The van der Waals surface area contributed by atoms with Crippen LogP contribution in [0.1, 0.15) is 25.8 Å². The normalized spacial score (nSPS) is 14.3. The molecule has 28 heavy (non-hydrogen) atoms. The summed E-state index contributed by atoms with van der Waals surface area (Å²) in [6.07, 6.45) is 2.53. The molecule has 1 aliphatic rings. The minimum absolute atomic E-state index is 0.114. The van der Waals surface area contributed by atoms with Gasteiger partial charge in [0, 0.05) is 12.6 Å². The van der Waals surface area contributed by atoms with Gasteiger partial charge in [0.15, 0.2) is 11.5 Å². The van der Waals surface area contributed by atoms with Crippen molar-refractivity contribution in [3.63, 3.8) is 0 Å². The van der Waals surface area contributed by atoms with E-state index in [1.807, 2.05) is 38.3 Å². The Morgan fingerprint density at radius 3 is 2.75 bits per heavy atom. The van der Waals surface area contributed by atoms with Gasteiger partial charge in [-0.25, -0.2) is 4.79 Å². The summed E-state index contributed by atoms with van der Waals surface area (Å²) in [5.74, 6) is 1.62. The van der Waals surface area contributed by atoms with E-state index in [1.165, 1.54) is 0 Å². The maximum absolute atomic E-state index is 12.3. The van der Waals surface area contributed by atoms with Gasteiger partial charge in [-0.2, -0.15) is 11.8 Å². The van der Waals surface area contributed by atoms with Crippen LogP contribution in [-0.2, 0) is 20.7 Å². The molecule has 0 radical (unpaired) electrons. The summed E-state index contributed by atoms with van der Waals surface area (Å²) < 4.78 is 20.7. The lowest BCUT2D eigenvalue weighted by molar-refractivity contribution is -0.154. The number of likely N-dealkylation sites (N-methyl/N-ethyl adjacent to an activating group) is 1. The van der Waals surface area contributed by atoms with Crippen LogP contribution >= 0.6 is 11.8 Å². The quantitative estimate of drug-likeness (QED) is 0.462. The maximum Gasteiger partial charge on any atom is 0.412 e. The fourth-order valence-corrected chi connectivity index (χ4v) is 3.32. The second kappa shape index (κ2) is 11.0. The molecule has 2 atom stereocenters. The number of hydrogen-bond acceptors (Lipinski definition) is 8. The summed E-state index contributed by atoms with van der Waals surface area (Å²) in [6.45, 7) is 4.03. The molecule has 0 fully saturated rings. The predicted octanol–water partition coefficient (Wildman–Crippen LogP) is 2.39. The molecule has 8 nitrogen and oxygen atoms in total. The molecule has 0 saturated heterocycles. The highest BCUT2D eigenvalue weighted by molar-refractivity contribution is 7.98. The van der Waals surface area contributed by atoms with Gasteiger partial charge in [0.1, 0.15) is 6.04 Å². The molecule has 2 rings (SSSR count). The van der Waals surface area contributed by atoms with Gasteiger partial charge in [-0.3, -0.25) is 4.79 Å². The van der Waals surface area contributed by atoms with Crippen molar-refractivity contribution < 1.29 is 28.5 Å². The van der Waals surface area contributed by atoms with E-state index in [0.29, 0.717) is 25.1 Å². The van der Waals surface area contributed by atoms with Crippen LogP contribution in [-0.4, -0.2) is 61.2 Å². The third-order valence-electron chi connectivity index (χ3n) is 4.39. The number of esters is 1. The molecule has 0 bridgehead atoms. The molecule has 1 aromatic carbocycles. The number of carbonyl (C=O) groups is 2. The van der Waals surface area contributed by atoms with E-state index in [4.69, 9.17) is 24.7 Å². The molecule has 9 heteroatoms. The Morgan fingerprint density at radius 1 is 1.29 bits per heavy atom. The zero-order chi connectivity index (χ0) is 20.5. The molecule has 0 aromatic heterocycles. The summed E-state index contributed by atoms with van der Waals surface area (Å²) in [5.41, 5.74) is 6.74. The van der Waals surface area contributed by atoms with Crippen molar-refractivity contribution in [2.75, 3.05) is 32.1 Å². The molecule has 1 aliphatic heterocycles. The van der Waals surface area contributed by atoms with Gasteiger partial charge in [0.05, 0.1) is 0 Å². The number of benzene rings is 1. The lowest BCUT2D eigenvalue weighted by Gasteiger charge is -2.27. The average Bonchev–Trinajstić information content (AvgIpc) is 3.14. The smallest absolute Gasteiger partial charge is 0.412 e. The minimum atomic E-state index is -0.710. The number of carbonyl (C=O) groups excluding carboxylic acids is 2. The fourth-order valence-electron chi connectivity index (χ4n) is 2.83. The zero-order valence-corrected chi connectivity index (χ0v) is 17.3. The number of nitrogens with two attached hydrogens (primary N) is 1. The van der Waals surface area contributed by atoms with Gasteiger partial charge < -0.3 is 29.6 Å². The number of nitrogens with zero attached hydrogens (tertiary/aromatic N) is 1. The minimum Gasteiger partial charge on any atom is -0.454 e. The summed E-state index contributed by atoms with van der Waals surface area (Å²) >= 11 is 1.60. The van der Waals surface area contributed by atoms with Gasteiger partial charge in [-0.15, -0.1) is 0 Å². The number of fused-ring (bicyclic) bond motifs is 1. The van der Waals surface area contributed by atoms with Crippen LogP contribution in [0.5, 0.6) is 11.5 Å². The highest BCUT2D eigenvalue weighted by Gasteiger charge is 2.22. The molecular weight excluding hydrogens is 384 g/mol. The first-order valence-electron chi connectivity index (χ1n) is 9.19. The molecule has 156 valence electrons. The lowest BCUT2D eigenvalue weighted by Crippen LogP contribution is -2.41. The molecule has 1 aromatic rings. The largest absolute Gasteiger partial charge is 0.454 e. The maximum atomic E-state index is 12.3. The molecule has 2 unspecified atom stereocenters. The number of rotatable bonds is 10. The molecule has 1 heterocycles. The summed E-state index contributed by atoms with van der Waals surface area (Å²) in [7, 11) is 0. The van der Waals surface area contributed by atoms with E-state index in [1.54, 1.807) is 16.7 Å². The van der Waals surface area contributed by atoms with Crippen LogP contribution < -0.4 is 15.2 Å². The SMILES string of the molecule is CCN(C(=O)OCOC(=O)C(N)CCSC)C(C)Cc1ccc2c(c1)OCO2. The summed E-state index contributed by atoms with van der Waals surface area (Å²) in [6, 6.07) is 4.89. The van der Waals surface area contributed by atoms with Gasteiger partial charge in [-0.05, 0) is 56.4 Å². The molecule has 1 amide bonds. The average molecular weight is 413 g/mol.